The second kappa shape index (κ2) is 6.45. The summed E-state index contributed by atoms with van der Waals surface area (Å²) in [5, 5.41) is 6.23. The molecule has 0 radical (unpaired) electrons. The summed E-state index contributed by atoms with van der Waals surface area (Å²) in [6.07, 6.45) is 0. The van der Waals surface area contributed by atoms with Crippen molar-refractivity contribution >= 4 is 28.6 Å². The van der Waals surface area contributed by atoms with E-state index >= 15 is 0 Å². The standard InChI is InChI=1S/C16H15N3OS/c20-15(19-16-17-10-11-21-16)18-14-8-6-13(7-9-14)12-4-2-1-3-5-12/h1-9H,10-11H2,(H2,17,18,19,20). The van der Waals surface area contributed by atoms with Crippen LogP contribution in [0.3, 0.4) is 0 Å². The summed E-state index contributed by atoms with van der Waals surface area (Å²) in [6.45, 7) is 0.770. The van der Waals surface area contributed by atoms with Gasteiger partial charge in [-0.15, -0.1) is 0 Å². The zero-order chi connectivity index (χ0) is 14.5. The van der Waals surface area contributed by atoms with Gasteiger partial charge in [0.1, 0.15) is 0 Å². The Morgan fingerprint density at radius 2 is 1.67 bits per heavy atom. The van der Waals surface area contributed by atoms with E-state index in [0.717, 1.165) is 29.1 Å². The largest absolute Gasteiger partial charge is 0.325 e. The Bertz CT molecular complexity index is 653. The van der Waals surface area contributed by atoms with E-state index in [1.807, 2.05) is 42.5 Å². The normalized spacial score (nSPS) is 13.6. The molecule has 1 aliphatic heterocycles. The minimum atomic E-state index is -0.254. The monoisotopic (exact) mass is 297 g/mol. The predicted molar refractivity (Wildman–Crippen MR) is 88.8 cm³/mol. The Balaban J connectivity index is 1.63. The molecular weight excluding hydrogens is 282 g/mol. The highest BCUT2D eigenvalue weighted by Crippen LogP contribution is 2.21. The lowest BCUT2D eigenvalue weighted by Crippen LogP contribution is -2.31. The van der Waals surface area contributed by atoms with Crippen LogP contribution in [-0.4, -0.2) is 23.5 Å². The molecule has 0 fully saturated rings. The number of aliphatic imine (C=N–C) groups is 1. The van der Waals surface area contributed by atoms with E-state index in [0.29, 0.717) is 5.17 Å². The molecule has 0 saturated carbocycles. The number of nitrogens with zero attached hydrogens (tertiary/aromatic N) is 1. The van der Waals surface area contributed by atoms with Gasteiger partial charge in [-0.05, 0) is 23.3 Å². The number of carbonyl (C=O) groups is 1. The fourth-order valence-electron chi connectivity index (χ4n) is 2.05. The molecule has 0 aromatic heterocycles. The van der Waals surface area contributed by atoms with Crippen LogP contribution in [0.2, 0.25) is 0 Å². The van der Waals surface area contributed by atoms with Crippen LogP contribution in [0.15, 0.2) is 59.6 Å². The first kappa shape index (κ1) is 13.7. The molecule has 0 atom stereocenters. The number of thioether (sulfide) groups is 1. The molecule has 1 heterocycles. The molecule has 0 unspecified atom stereocenters. The molecule has 106 valence electrons. The van der Waals surface area contributed by atoms with Crippen molar-refractivity contribution < 1.29 is 4.79 Å². The molecule has 21 heavy (non-hydrogen) atoms. The van der Waals surface area contributed by atoms with Gasteiger partial charge in [-0.1, -0.05) is 54.2 Å². The number of anilines is 1. The van der Waals surface area contributed by atoms with Gasteiger partial charge < -0.3 is 5.32 Å². The summed E-state index contributed by atoms with van der Waals surface area (Å²) >= 11 is 1.56. The van der Waals surface area contributed by atoms with Crippen molar-refractivity contribution in [2.45, 2.75) is 0 Å². The number of nitrogens with one attached hydrogen (secondary N) is 2. The van der Waals surface area contributed by atoms with Gasteiger partial charge in [-0.2, -0.15) is 0 Å². The van der Waals surface area contributed by atoms with Crippen LogP contribution >= 0.6 is 11.8 Å². The Morgan fingerprint density at radius 3 is 2.33 bits per heavy atom. The fraction of sp³-hybridized carbons (Fsp3) is 0.125. The molecule has 0 bridgehead atoms. The van der Waals surface area contributed by atoms with Crippen LogP contribution in [0.1, 0.15) is 0 Å². The van der Waals surface area contributed by atoms with E-state index in [1.54, 1.807) is 11.8 Å². The Labute approximate surface area is 127 Å². The van der Waals surface area contributed by atoms with Crippen molar-refractivity contribution in [2.75, 3.05) is 17.6 Å². The van der Waals surface area contributed by atoms with Crippen LogP contribution in [-0.2, 0) is 0 Å². The van der Waals surface area contributed by atoms with Crippen molar-refractivity contribution in [3.8, 4) is 11.1 Å². The smallest absolute Gasteiger partial charge is 0.308 e. The number of amidine groups is 1. The summed E-state index contributed by atoms with van der Waals surface area (Å²) in [4.78, 5) is 16.0. The minimum absolute atomic E-state index is 0.254. The first-order valence-electron chi connectivity index (χ1n) is 6.72. The number of hydrogen-bond donors (Lipinski definition) is 2. The summed E-state index contributed by atoms with van der Waals surface area (Å²) in [7, 11) is 0. The van der Waals surface area contributed by atoms with E-state index in [1.165, 1.54) is 0 Å². The Morgan fingerprint density at radius 1 is 0.952 bits per heavy atom. The predicted octanol–water partition coefficient (Wildman–Crippen LogP) is 3.58. The summed E-state index contributed by atoms with van der Waals surface area (Å²) in [5.41, 5.74) is 3.04. The number of hydrogen-bond acceptors (Lipinski definition) is 3. The number of urea groups is 1. The van der Waals surface area contributed by atoms with Gasteiger partial charge in [0.25, 0.3) is 0 Å². The zero-order valence-corrected chi connectivity index (χ0v) is 12.2. The molecule has 5 heteroatoms. The van der Waals surface area contributed by atoms with E-state index in [9.17, 15) is 4.79 Å². The molecule has 4 nitrogen and oxygen atoms in total. The minimum Gasteiger partial charge on any atom is -0.308 e. The molecule has 2 aromatic rings. The lowest BCUT2D eigenvalue weighted by Gasteiger charge is -2.08. The molecule has 0 aliphatic carbocycles. The molecule has 0 saturated heterocycles. The van der Waals surface area contributed by atoms with Crippen molar-refractivity contribution in [3.05, 3.63) is 54.6 Å². The van der Waals surface area contributed by atoms with Gasteiger partial charge in [-0.3, -0.25) is 10.3 Å². The summed E-state index contributed by atoms with van der Waals surface area (Å²) in [5.74, 6) is 0.932. The Kier molecular flexibility index (Phi) is 4.21. The third-order valence-corrected chi connectivity index (χ3v) is 3.95. The zero-order valence-electron chi connectivity index (χ0n) is 11.4. The average molecular weight is 297 g/mol. The van der Waals surface area contributed by atoms with Crippen molar-refractivity contribution in [1.29, 1.82) is 0 Å². The van der Waals surface area contributed by atoms with Crippen molar-refractivity contribution in [3.63, 3.8) is 0 Å². The third-order valence-electron chi connectivity index (χ3n) is 3.06. The second-order valence-corrected chi connectivity index (χ2v) is 5.64. The maximum absolute atomic E-state index is 11.8. The van der Waals surface area contributed by atoms with Crippen LogP contribution in [0.5, 0.6) is 0 Å². The average Bonchev–Trinajstić information content (AvgIpc) is 3.02. The number of amides is 2. The lowest BCUT2D eigenvalue weighted by molar-refractivity contribution is 0.256. The van der Waals surface area contributed by atoms with Gasteiger partial charge >= 0.3 is 6.03 Å². The quantitative estimate of drug-likeness (QED) is 0.890. The maximum atomic E-state index is 11.8. The van der Waals surface area contributed by atoms with Crippen molar-refractivity contribution in [1.82, 2.24) is 5.32 Å². The van der Waals surface area contributed by atoms with E-state index in [4.69, 9.17) is 0 Å². The SMILES string of the molecule is O=C(NC1=NCCS1)Nc1ccc(-c2ccccc2)cc1. The first-order valence-corrected chi connectivity index (χ1v) is 7.70. The number of carbonyl (C=O) groups excluding carboxylic acids is 1. The highest BCUT2D eigenvalue weighted by Gasteiger charge is 2.10. The molecule has 2 amide bonds. The molecule has 3 rings (SSSR count). The van der Waals surface area contributed by atoms with Gasteiger partial charge in [0.05, 0.1) is 6.54 Å². The molecule has 2 N–H and O–H groups in total. The Hall–Kier alpha value is -2.27. The van der Waals surface area contributed by atoms with Crippen LogP contribution in [0.25, 0.3) is 11.1 Å². The molecule has 0 spiro atoms. The highest BCUT2D eigenvalue weighted by molar-refractivity contribution is 8.14. The van der Waals surface area contributed by atoms with Gasteiger partial charge in [0.15, 0.2) is 5.17 Å². The third kappa shape index (κ3) is 3.64. The van der Waals surface area contributed by atoms with Crippen LogP contribution in [0, 0.1) is 0 Å². The number of benzene rings is 2. The van der Waals surface area contributed by atoms with Crippen molar-refractivity contribution in [2.24, 2.45) is 4.99 Å². The van der Waals surface area contributed by atoms with Gasteiger partial charge in [0.2, 0.25) is 0 Å². The maximum Gasteiger partial charge on any atom is 0.325 e. The summed E-state index contributed by atoms with van der Waals surface area (Å²) in [6, 6.07) is 17.7. The van der Waals surface area contributed by atoms with E-state index < -0.39 is 0 Å². The summed E-state index contributed by atoms with van der Waals surface area (Å²) < 4.78 is 0. The van der Waals surface area contributed by atoms with Crippen LogP contribution in [0.4, 0.5) is 10.5 Å². The van der Waals surface area contributed by atoms with Gasteiger partial charge in [-0.25, -0.2) is 4.79 Å². The second-order valence-electron chi connectivity index (χ2n) is 4.56. The number of rotatable bonds is 2. The van der Waals surface area contributed by atoms with Gasteiger partial charge in [0, 0.05) is 11.4 Å². The molecule has 2 aromatic carbocycles. The highest BCUT2D eigenvalue weighted by atomic mass is 32.2. The van der Waals surface area contributed by atoms with Crippen LogP contribution < -0.4 is 10.6 Å². The first-order chi connectivity index (χ1) is 10.3. The topological polar surface area (TPSA) is 53.5 Å². The van der Waals surface area contributed by atoms with E-state index in [2.05, 4.69) is 27.8 Å². The fourth-order valence-corrected chi connectivity index (χ4v) is 2.77. The lowest BCUT2D eigenvalue weighted by atomic mass is 10.1. The molecule has 1 aliphatic rings. The van der Waals surface area contributed by atoms with E-state index in [-0.39, 0.29) is 6.03 Å². The molecular formula is C16H15N3OS.